The van der Waals surface area contributed by atoms with Gasteiger partial charge in [0.1, 0.15) is 0 Å². The van der Waals surface area contributed by atoms with Crippen molar-refractivity contribution in [2.45, 2.75) is 57.1 Å². The smallest absolute Gasteiger partial charge is 0.0623 e. The van der Waals surface area contributed by atoms with E-state index in [1.165, 1.54) is 18.4 Å². The maximum absolute atomic E-state index is 5.99. The molecule has 0 heterocycles. The molecule has 1 N–H and O–H groups in total. The molecule has 0 aromatic heterocycles. The molecule has 1 aliphatic rings. The van der Waals surface area contributed by atoms with Crippen LogP contribution in [0.5, 0.6) is 0 Å². The molecular weight excluding hydrogens is 270 g/mol. The van der Waals surface area contributed by atoms with Gasteiger partial charge < -0.3 is 10.1 Å². The summed E-state index contributed by atoms with van der Waals surface area (Å²) >= 11 is 5.99. The molecule has 0 bridgehead atoms. The fourth-order valence-electron chi connectivity index (χ4n) is 2.34. The first-order chi connectivity index (χ1) is 9.50. The summed E-state index contributed by atoms with van der Waals surface area (Å²) in [5, 5.41) is 4.46. The number of methoxy groups -OCH3 is 1. The zero-order valence-electron chi connectivity index (χ0n) is 12.8. The van der Waals surface area contributed by atoms with Crippen LogP contribution in [0.2, 0.25) is 5.02 Å². The third kappa shape index (κ3) is 5.08. The first kappa shape index (κ1) is 15.8. The number of nitrogens with one attached hydrogen (secondary N) is 1. The lowest BCUT2D eigenvalue weighted by molar-refractivity contribution is 0.0124. The van der Waals surface area contributed by atoms with Crippen LogP contribution in [-0.2, 0) is 4.74 Å². The van der Waals surface area contributed by atoms with Crippen molar-refractivity contribution < 1.29 is 4.74 Å². The number of rotatable bonds is 8. The van der Waals surface area contributed by atoms with E-state index < -0.39 is 0 Å². The van der Waals surface area contributed by atoms with Crippen LogP contribution >= 0.6 is 11.6 Å². The van der Waals surface area contributed by atoms with E-state index in [2.05, 4.69) is 31.3 Å². The van der Waals surface area contributed by atoms with E-state index in [0.29, 0.717) is 5.92 Å². The summed E-state index contributed by atoms with van der Waals surface area (Å²) in [6, 6.07) is 9.04. The van der Waals surface area contributed by atoms with Crippen LogP contribution in [0.4, 0.5) is 0 Å². The molecule has 1 aliphatic carbocycles. The van der Waals surface area contributed by atoms with Gasteiger partial charge in [0.15, 0.2) is 0 Å². The average molecular weight is 296 g/mol. The Morgan fingerprint density at radius 2 is 1.95 bits per heavy atom. The van der Waals surface area contributed by atoms with E-state index in [9.17, 15) is 0 Å². The van der Waals surface area contributed by atoms with Crippen LogP contribution in [0, 0.1) is 0 Å². The maximum atomic E-state index is 5.99. The molecule has 2 rings (SSSR count). The normalized spacial score (nSPS) is 17.2. The average Bonchev–Trinajstić information content (AvgIpc) is 3.24. The highest BCUT2D eigenvalue weighted by Crippen LogP contribution is 2.28. The number of ether oxygens (including phenoxy) is 1. The van der Waals surface area contributed by atoms with Crippen molar-refractivity contribution in [3.8, 4) is 0 Å². The van der Waals surface area contributed by atoms with Gasteiger partial charge in [0.2, 0.25) is 0 Å². The van der Waals surface area contributed by atoms with Gasteiger partial charge in [0.05, 0.1) is 5.60 Å². The molecule has 2 nitrogen and oxygen atoms in total. The summed E-state index contributed by atoms with van der Waals surface area (Å²) in [5.41, 5.74) is 1.32. The number of hydrogen-bond acceptors (Lipinski definition) is 2. The maximum Gasteiger partial charge on any atom is 0.0623 e. The minimum absolute atomic E-state index is 0.0513. The van der Waals surface area contributed by atoms with Crippen LogP contribution in [0.3, 0.4) is 0 Å². The first-order valence-electron chi connectivity index (χ1n) is 7.54. The van der Waals surface area contributed by atoms with Crippen molar-refractivity contribution in [1.82, 2.24) is 5.32 Å². The molecule has 1 unspecified atom stereocenters. The highest BCUT2D eigenvalue weighted by atomic mass is 35.5. The molecule has 3 heteroatoms. The lowest BCUT2D eigenvalue weighted by Gasteiger charge is -2.26. The van der Waals surface area contributed by atoms with E-state index in [4.69, 9.17) is 16.3 Å². The summed E-state index contributed by atoms with van der Waals surface area (Å²) in [6.07, 6.45) is 4.85. The lowest BCUT2D eigenvalue weighted by atomic mass is 9.89. The highest BCUT2D eigenvalue weighted by Gasteiger charge is 2.24. The van der Waals surface area contributed by atoms with Gasteiger partial charge in [-0.1, -0.05) is 23.7 Å². The minimum atomic E-state index is -0.0513. The first-order valence-corrected chi connectivity index (χ1v) is 7.92. The Morgan fingerprint density at radius 1 is 1.30 bits per heavy atom. The van der Waals surface area contributed by atoms with E-state index >= 15 is 0 Å². The zero-order chi connectivity index (χ0) is 14.6. The molecule has 1 atom stereocenters. The Bertz CT molecular complexity index is 412. The monoisotopic (exact) mass is 295 g/mol. The van der Waals surface area contributed by atoms with Crippen LogP contribution in [-0.4, -0.2) is 25.3 Å². The third-order valence-corrected chi connectivity index (χ3v) is 4.47. The zero-order valence-corrected chi connectivity index (χ0v) is 13.5. The minimum Gasteiger partial charge on any atom is -0.379 e. The van der Waals surface area contributed by atoms with Gasteiger partial charge in [0, 0.05) is 24.7 Å². The Kier molecular flexibility index (Phi) is 5.48. The van der Waals surface area contributed by atoms with Crippen LogP contribution < -0.4 is 5.32 Å². The quantitative estimate of drug-likeness (QED) is 0.768. The Balaban J connectivity index is 1.97. The van der Waals surface area contributed by atoms with Gasteiger partial charge in [-0.3, -0.25) is 0 Å². The van der Waals surface area contributed by atoms with Gasteiger partial charge >= 0.3 is 0 Å². The molecule has 1 aromatic rings. The predicted molar refractivity (Wildman–Crippen MR) is 85.5 cm³/mol. The SMILES string of the molecule is COC(C)(C)CCC(CNC1CC1)c1ccc(Cl)cc1. The fraction of sp³-hybridized carbons (Fsp3) is 0.647. The summed E-state index contributed by atoms with van der Waals surface area (Å²) in [6.45, 7) is 5.35. The summed E-state index contributed by atoms with van der Waals surface area (Å²) in [4.78, 5) is 0. The van der Waals surface area contributed by atoms with Crippen LogP contribution in [0.1, 0.15) is 51.0 Å². The second kappa shape index (κ2) is 6.93. The van der Waals surface area contributed by atoms with E-state index in [1.807, 2.05) is 12.1 Å². The van der Waals surface area contributed by atoms with Crippen molar-refractivity contribution in [2.24, 2.45) is 0 Å². The predicted octanol–water partition coefficient (Wildman–Crippen LogP) is 4.38. The Labute approximate surface area is 127 Å². The molecule has 0 radical (unpaired) electrons. The number of benzene rings is 1. The standard InChI is InChI=1S/C17H26ClNO/c1-17(2,20-3)11-10-14(12-19-16-8-9-16)13-4-6-15(18)7-5-13/h4-7,14,16,19H,8-12H2,1-3H3. The van der Waals surface area contributed by atoms with Crippen molar-refractivity contribution >= 4 is 11.6 Å². The van der Waals surface area contributed by atoms with Crippen molar-refractivity contribution in [3.05, 3.63) is 34.9 Å². The molecule has 0 saturated heterocycles. The molecule has 1 saturated carbocycles. The summed E-state index contributed by atoms with van der Waals surface area (Å²) in [7, 11) is 1.79. The second-order valence-corrected chi connectivity index (χ2v) is 6.87. The highest BCUT2D eigenvalue weighted by molar-refractivity contribution is 6.30. The Morgan fingerprint density at radius 3 is 2.50 bits per heavy atom. The van der Waals surface area contributed by atoms with Crippen LogP contribution in [0.15, 0.2) is 24.3 Å². The number of hydrogen-bond donors (Lipinski definition) is 1. The van der Waals surface area contributed by atoms with Gasteiger partial charge in [-0.05, 0) is 63.1 Å². The Hall–Kier alpha value is -0.570. The molecule has 0 amide bonds. The molecule has 0 aliphatic heterocycles. The van der Waals surface area contributed by atoms with Gasteiger partial charge in [-0.15, -0.1) is 0 Å². The third-order valence-electron chi connectivity index (χ3n) is 4.22. The molecule has 0 spiro atoms. The molecule has 1 fully saturated rings. The number of halogens is 1. The molecule has 112 valence electrons. The van der Waals surface area contributed by atoms with E-state index in [-0.39, 0.29) is 5.60 Å². The molecular formula is C17H26ClNO. The van der Waals surface area contributed by atoms with Crippen molar-refractivity contribution in [1.29, 1.82) is 0 Å². The van der Waals surface area contributed by atoms with Crippen LogP contribution in [0.25, 0.3) is 0 Å². The lowest BCUT2D eigenvalue weighted by Crippen LogP contribution is -2.27. The fourth-order valence-corrected chi connectivity index (χ4v) is 2.47. The van der Waals surface area contributed by atoms with Gasteiger partial charge in [0.25, 0.3) is 0 Å². The molecule has 1 aromatic carbocycles. The van der Waals surface area contributed by atoms with E-state index in [1.54, 1.807) is 7.11 Å². The molecule has 20 heavy (non-hydrogen) atoms. The van der Waals surface area contributed by atoms with Gasteiger partial charge in [-0.25, -0.2) is 0 Å². The largest absolute Gasteiger partial charge is 0.379 e. The van der Waals surface area contributed by atoms with Crippen molar-refractivity contribution in [3.63, 3.8) is 0 Å². The summed E-state index contributed by atoms with van der Waals surface area (Å²) in [5.74, 6) is 0.530. The second-order valence-electron chi connectivity index (χ2n) is 6.43. The summed E-state index contributed by atoms with van der Waals surface area (Å²) < 4.78 is 5.54. The van der Waals surface area contributed by atoms with Crippen molar-refractivity contribution in [2.75, 3.05) is 13.7 Å². The van der Waals surface area contributed by atoms with Gasteiger partial charge in [-0.2, -0.15) is 0 Å². The van der Waals surface area contributed by atoms with E-state index in [0.717, 1.165) is 30.5 Å². The topological polar surface area (TPSA) is 21.3 Å².